The molecule has 7 heteroatoms. The van der Waals surface area contributed by atoms with Gasteiger partial charge in [0.1, 0.15) is 11.2 Å². The number of hydrogen-bond donors (Lipinski definition) is 1. The monoisotopic (exact) mass is 532 g/mol. The minimum atomic E-state index is -0.560. The van der Waals surface area contributed by atoms with E-state index in [1.54, 1.807) is 17.0 Å². The van der Waals surface area contributed by atoms with Crippen molar-refractivity contribution in [2.24, 2.45) is 0 Å². The van der Waals surface area contributed by atoms with E-state index < -0.39 is 11.2 Å². The SMILES string of the molecule is CC(C)(C)OC(=O)c1ccc(CC(=O)C2NCCc3c(C4=CCN(C(=O)OC(C)(C)C)CC4)cccc32)cc1. The lowest BCUT2D eigenvalue weighted by Crippen LogP contribution is -2.39. The number of nitrogens with zero attached hydrogens (tertiary/aromatic N) is 1. The van der Waals surface area contributed by atoms with Crippen LogP contribution >= 0.6 is 0 Å². The molecule has 208 valence electrons. The largest absolute Gasteiger partial charge is 0.456 e. The predicted octanol–water partition coefficient (Wildman–Crippen LogP) is 5.66. The van der Waals surface area contributed by atoms with Crippen LogP contribution in [0.15, 0.2) is 48.5 Å². The molecule has 7 nitrogen and oxygen atoms in total. The van der Waals surface area contributed by atoms with Gasteiger partial charge in [0.2, 0.25) is 0 Å². The minimum Gasteiger partial charge on any atom is -0.456 e. The molecule has 2 aliphatic heterocycles. The number of rotatable bonds is 5. The van der Waals surface area contributed by atoms with Gasteiger partial charge in [-0.05, 0) is 94.3 Å². The summed E-state index contributed by atoms with van der Waals surface area (Å²) in [7, 11) is 0. The number of amides is 1. The van der Waals surface area contributed by atoms with E-state index in [1.165, 1.54) is 11.1 Å². The highest BCUT2D eigenvalue weighted by atomic mass is 16.6. The van der Waals surface area contributed by atoms with Crippen LogP contribution in [-0.4, -0.2) is 53.6 Å². The van der Waals surface area contributed by atoms with Gasteiger partial charge < -0.3 is 19.7 Å². The third-order valence-electron chi connectivity index (χ3n) is 6.74. The van der Waals surface area contributed by atoms with E-state index in [1.807, 2.05) is 65.8 Å². The van der Waals surface area contributed by atoms with E-state index >= 15 is 0 Å². The summed E-state index contributed by atoms with van der Waals surface area (Å²) in [6.07, 6.45) is 3.66. The van der Waals surface area contributed by atoms with Gasteiger partial charge in [-0.1, -0.05) is 36.4 Å². The smallest absolute Gasteiger partial charge is 0.410 e. The van der Waals surface area contributed by atoms with Gasteiger partial charge in [-0.15, -0.1) is 0 Å². The highest BCUT2D eigenvalue weighted by molar-refractivity contribution is 5.91. The third kappa shape index (κ3) is 7.35. The van der Waals surface area contributed by atoms with E-state index in [-0.39, 0.29) is 30.3 Å². The molecule has 0 saturated heterocycles. The zero-order valence-corrected chi connectivity index (χ0v) is 23.9. The van der Waals surface area contributed by atoms with Crippen molar-refractivity contribution in [1.82, 2.24) is 10.2 Å². The number of esters is 1. The van der Waals surface area contributed by atoms with Crippen molar-refractivity contribution in [1.29, 1.82) is 0 Å². The van der Waals surface area contributed by atoms with E-state index in [0.29, 0.717) is 18.7 Å². The molecular formula is C32H40N2O5. The fraction of sp³-hybridized carbons (Fsp3) is 0.469. The summed E-state index contributed by atoms with van der Waals surface area (Å²) >= 11 is 0. The lowest BCUT2D eigenvalue weighted by atomic mass is 9.84. The van der Waals surface area contributed by atoms with Crippen LogP contribution in [0.1, 0.15) is 86.6 Å². The van der Waals surface area contributed by atoms with Crippen LogP contribution in [-0.2, 0) is 27.1 Å². The summed E-state index contributed by atoms with van der Waals surface area (Å²) in [6.45, 7) is 12.9. The Balaban J connectivity index is 1.46. The van der Waals surface area contributed by atoms with Gasteiger partial charge in [0, 0.05) is 26.1 Å². The first-order chi connectivity index (χ1) is 18.3. The molecule has 0 aliphatic carbocycles. The molecule has 1 atom stereocenters. The Morgan fingerprint density at radius 1 is 0.923 bits per heavy atom. The highest BCUT2D eigenvalue weighted by Gasteiger charge is 2.29. The number of carbonyl (C=O) groups excluding carboxylic acids is 3. The van der Waals surface area contributed by atoms with Crippen molar-refractivity contribution in [3.05, 3.63) is 76.4 Å². The molecular weight excluding hydrogens is 492 g/mol. The molecule has 2 aromatic rings. The van der Waals surface area contributed by atoms with Crippen LogP contribution < -0.4 is 5.32 Å². The number of carbonyl (C=O) groups is 3. The zero-order chi connectivity index (χ0) is 28.4. The van der Waals surface area contributed by atoms with Gasteiger partial charge in [0.15, 0.2) is 5.78 Å². The molecule has 39 heavy (non-hydrogen) atoms. The molecule has 0 saturated carbocycles. The first-order valence-electron chi connectivity index (χ1n) is 13.7. The Kier molecular flexibility index (Phi) is 8.31. The van der Waals surface area contributed by atoms with Gasteiger partial charge in [-0.2, -0.15) is 0 Å². The van der Waals surface area contributed by atoms with Crippen molar-refractivity contribution in [2.45, 2.75) is 78.0 Å². The number of nitrogens with one attached hydrogen (secondary N) is 1. The maximum Gasteiger partial charge on any atom is 0.410 e. The number of ether oxygens (including phenoxy) is 2. The molecule has 2 aromatic carbocycles. The Hall–Kier alpha value is -3.45. The van der Waals surface area contributed by atoms with Crippen LogP contribution in [0.2, 0.25) is 0 Å². The van der Waals surface area contributed by atoms with Gasteiger partial charge in [0.05, 0.1) is 11.6 Å². The Bertz CT molecular complexity index is 1260. The summed E-state index contributed by atoms with van der Waals surface area (Å²) in [5.41, 5.74) is 4.84. The van der Waals surface area contributed by atoms with E-state index in [4.69, 9.17) is 9.47 Å². The quantitative estimate of drug-likeness (QED) is 0.500. The second-order valence-electron chi connectivity index (χ2n) is 12.3. The van der Waals surface area contributed by atoms with Crippen LogP contribution in [0.4, 0.5) is 4.79 Å². The van der Waals surface area contributed by atoms with Crippen LogP contribution in [0.5, 0.6) is 0 Å². The van der Waals surface area contributed by atoms with Crippen molar-refractivity contribution in [3.63, 3.8) is 0 Å². The second kappa shape index (κ2) is 11.3. The second-order valence-corrected chi connectivity index (χ2v) is 12.3. The zero-order valence-electron chi connectivity index (χ0n) is 23.9. The lowest BCUT2D eigenvalue weighted by molar-refractivity contribution is -0.120. The molecule has 2 aliphatic rings. The number of fused-ring (bicyclic) bond motifs is 1. The molecule has 1 unspecified atom stereocenters. The Morgan fingerprint density at radius 2 is 1.62 bits per heavy atom. The van der Waals surface area contributed by atoms with Gasteiger partial charge in [0.25, 0.3) is 0 Å². The highest BCUT2D eigenvalue weighted by Crippen LogP contribution is 2.33. The molecule has 4 rings (SSSR count). The normalized spacial score (nSPS) is 17.6. The van der Waals surface area contributed by atoms with E-state index in [9.17, 15) is 14.4 Å². The number of ketones is 1. The Morgan fingerprint density at radius 3 is 2.23 bits per heavy atom. The minimum absolute atomic E-state index is 0.0897. The maximum absolute atomic E-state index is 13.4. The van der Waals surface area contributed by atoms with Crippen LogP contribution in [0, 0.1) is 0 Å². The summed E-state index contributed by atoms with van der Waals surface area (Å²) in [4.78, 5) is 39.9. The first kappa shape index (κ1) is 28.6. The van der Waals surface area contributed by atoms with Gasteiger partial charge >= 0.3 is 12.1 Å². The molecule has 0 spiro atoms. The average Bonchev–Trinajstić information content (AvgIpc) is 2.86. The summed E-state index contributed by atoms with van der Waals surface area (Å²) < 4.78 is 11.0. The maximum atomic E-state index is 13.4. The van der Waals surface area contributed by atoms with Crippen molar-refractivity contribution < 1.29 is 23.9 Å². The number of benzene rings is 2. The lowest BCUT2D eigenvalue weighted by Gasteiger charge is -2.32. The molecule has 0 bridgehead atoms. The summed E-state index contributed by atoms with van der Waals surface area (Å²) in [6, 6.07) is 12.9. The average molecular weight is 533 g/mol. The van der Waals surface area contributed by atoms with Crippen molar-refractivity contribution in [2.75, 3.05) is 19.6 Å². The molecule has 1 amide bonds. The molecule has 2 heterocycles. The van der Waals surface area contributed by atoms with E-state index in [2.05, 4.69) is 17.5 Å². The molecule has 0 fully saturated rings. The first-order valence-corrected chi connectivity index (χ1v) is 13.7. The molecule has 1 N–H and O–H groups in total. The van der Waals surface area contributed by atoms with Crippen molar-refractivity contribution >= 4 is 23.4 Å². The molecule has 0 aromatic heterocycles. The van der Waals surface area contributed by atoms with Crippen molar-refractivity contribution in [3.8, 4) is 0 Å². The number of Topliss-reactive ketones (excluding diaryl/α,β-unsaturated/α-hetero) is 1. The fourth-order valence-corrected chi connectivity index (χ4v) is 5.00. The van der Waals surface area contributed by atoms with E-state index in [0.717, 1.165) is 36.1 Å². The molecule has 0 radical (unpaired) electrons. The fourth-order valence-electron chi connectivity index (χ4n) is 5.00. The summed E-state index contributed by atoms with van der Waals surface area (Å²) in [5, 5.41) is 3.41. The summed E-state index contributed by atoms with van der Waals surface area (Å²) in [5.74, 6) is -0.283. The van der Waals surface area contributed by atoms with Crippen LogP contribution in [0.25, 0.3) is 5.57 Å². The topological polar surface area (TPSA) is 84.9 Å². The standard InChI is InChI=1S/C32H40N2O5/c1-31(2,3)38-29(36)23-12-10-21(11-13-23)20-27(35)28-26-9-7-8-24(25(26)14-17-33-28)22-15-18-34(19-16-22)30(37)39-32(4,5)6/h7-13,15,28,33H,14,16-20H2,1-6H3. The third-order valence-corrected chi connectivity index (χ3v) is 6.74. The Labute approximate surface area is 231 Å². The number of hydrogen-bond acceptors (Lipinski definition) is 6. The van der Waals surface area contributed by atoms with Gasteiger partial charge in [-0.25, -0.2) is 9.59 Å². The predicted molar refractivity (Wildman–Crippen MR) is 152 cm³/mol. The van der Waals surface area contributed by atoms with Gasteiger partial charge in [-0.3, -0.25) is 4.79 Å². The van der Waals surface area contributed by atoms with Crippen LogP contribution in [0.3, 0.4) is 0 Å².